The summed E-state index contributed by atoms with van der Waals surface area (Å²) in [6, 6.07) is 5.68. The zero-order chi connectivity index (χ0) is 18.1. The normalized spacial score (nSPS) is 23.3. The van der Waals surface area contributed by atoms with Gasteiger partial charge in [0, 0.05) is 39.5 Å². The number of rotatable bonds is 4. The lowest BCUT2D eigenvalue weighted by Gasteiger charge is -2.39. The van der Waals surface area contributed by atoms with Crippen molar-refractivity contribution in [2.45, 2.75) is 19.3 Å². The molecule has 0 N–H and O–H groups in total. The molecule has 2 aromatic rings. The van der Waals surface area contributed by atoms with Crippen molar-refractivity contribution in [2.75, 3.05) is 39.9 Å². The van der Waals surface area contributed by atoms with Gasteiger partial charge in [-0.3, -0.25) is 9.59 Å². The Labute approximate surface area is 152 Å². The average Bonchev–Trinajstić information content (AvgIpc) is 3.28. The number of ether oxygens (including phenoxy) is 1. The topological polar surface area (TPSA) is 67.2 Å². The fraction of sp³-hybridized carbons (Fsp3) is 0.526. The van der Waals surface area contributed by atoms with Gasteiger partial charge in [0.2, 0.25) is 5.91 Å². The number of hydrogen-bond donors (Lipinski definition) is 0. The van der Waals surface area contributed by atoms with E-state index in [4.69, 9.17) is 4.74 Å². The number of pyridine rings is 1. The molecule has 7 heteroatoms. The van der Waals surface area contributed by atoms with Gasteiger partial charge in [0.15, 0.2) is 0 Å². The van der Waals surface area contributed by atoms with E-state index in [9.17, 15) is 9.59 Å². The highest BCUT2D eigenvalue weighted by molar-refractivity contribution is 6.01. The quantitative estimate of drug-likeness (QED) is 0.831. The first kappa shape index (κ1) is 17.0. The van der Waals surface area contributed by atoms with Crippen molar-refractivity contribution in [1.82, 2.24) is 19.4 Å². The Bertz CT molecular complexity index is 833. The number of carbonyl (C=O) groups is 2. The van der Waals surface area contributed by atoms with Crippen LogP contribution in [0, 0.1) is 5.41 Å². The van der Waals surface area contributed by atoms with Crippen molar-refractivity contribution in [3.05, 3.63) is 36.2 Å². The van der Waals surface area contributed by atoms with Crippen LogP contribution < -0.4 is 0 Å². The lowest BCUT2D eigenvalue weighted by Crippen LogP contribution is -2.51. The minimum atomic E-state index is -0.426. The minimum absolute atomic E-state index is 0.0371. The molecule has 2 saturated heterocycles. The number of hydrogen-bond acceptors (Lipinski definition) is 4. The van der Waals surface area contributed by atoms with Crippen LogP contribution in [-0.4, -0.2) is 71.1 Å². The van der Waals surface area contributed by atoms with Crippen LogP contribution in [-0.2, 0) is 9.53 Å². The van der Waals surface area contributed by atoms with Crippen LogP contribution in [0.1, 0.15) is 29.6 Å². The lowest BCUT2D eigenvalue weighted by molar-refractivity contribution is -0.146. The van der Waals surface area contributed by atoms with E-state index in [-0.39, 0.29) is 11.8 Å². The Morgan fingerprint density at radius 2 is 2.19 bits per heavy atom. The molecule has 0 bridgehead atoms. The number of aromatic nitrogens is 2. The molecular formula is C19H24N4O3. The minimum Gasteiger partial charge on any atom is -0.383 e. The van der Waals surface area contributed by atoms with Crippen LogP contribution >= 0.6 is 0 Å². The van der Waals surface area contributed by atoms with E-state index in [1.165, 1.54) is 0 Å². The first-order chi connectivity index (χ1) is 12.6. The third-order valence-electron chi connectivity index (χ3n) is 5.69. The highest BCUT2D eigenvalue weighted by Crippen LogP contribution is 2.40. The van der Waals surface area contributed by atoms with Crippen LogP contribution in [0.3, 0.4) is 0 Å². The van der Waals surface area contributed by atoms with E-state index >= 15 is 0 Å². The predicted octanol–water partition coefficient (Wildman–Crippen LogP) is 1.44. The Hall–Kier alpha value is -2.41. The molecule has 2 aromatic heterocycles. The number of nitrogens with zero attached hydrogens (tertiary/aromatic N) is 4. The fourth-order valence-corrected chi connectivity index (χ4v) is 4.26. The van der Waals surface area contributed by atoms with E-state index in [0.29, 0.717) is 31.8 Å². The summed E-state index contributed by atoms with van der Waals surface area (Å²) < 4.78 is 6.83. The van der Waals surface area contributed by atoms with Crippen LogP contribution in [0.25, 0.3) is 5.52 Å². The van der Waals surface area contributed by atoms with E-state index < -0.39 is 5.41 Å². The van der Waals surface area contributed by atoms with Gasteiger partial charge < -0.3 is 14.5 Å². The molecule has 26 heavy (non-hydrogen) atoms. The largest absolute Gasteiger partial charge is 0.383 e. The molecule has 0 aliphatic carbocycles. The molecule has 7 nitrogen and oxygen atoms in total. The number of fused-ring (bicyclic) bond motifs is 1. The first-order valence-electron chi connectivity index (χ1n) is 9.15. The van der Waals surface area contributed by atoms with Gasteiger partial charge in [0.05, 0.1) is 29.3 Å². The summed E-state index contributed by atoms with van der Waals surface area (Å²) in [4.78, 5) is 29.8. The predicted molar refractivity (Wildman–Crippen MR) is 95.8 cm³/mol. The number of piperidine rings is 1. The number of methoxy groups -OCH3 is 1. The second-order valence-corrected chi connectivity index (χ2v) is 7.23. The number of amides is 2. The summed E-state index contributed by atoms with van der Waals surface area (Å²) >= 11 is 0. The molecule has 2 aliphatic rings. The zero-order valence-corrected chi connectivity index (χ0v) is 15.1. The second kappa shape index (κ2) is 6.72. The number of likely N-dealkylation sites (tertiary alicyclic amines) is 2. The van der Waals surface area contributed by atoms with Crippen molar-refractivity contribution in [2.24, 2.45) is 5.41 Å². The van der Waals surface area contributed by atoms with E-state index in [1.807, 2.05) is 34.2 Å². The maximum atomic E-state index is 13.0. The van der Waals surface area contributed by atoms with E-state index in [0.717, 1.165) is 31.3 Å². The van der Waals surface area contributed by atoms with Gasteiger partial charge in [-0.05, 0) is 31.4 Å². The average molecular weight is 356 g/mol. The van der Waals surface area contributed by atoms with Gasteiger partial charge in [-0.1, -0.05) is 6.07 Å². The van der Waals surface area contributed by atoms with E-state index in [2.05, 4.69) is 5.10 Å². The first-order valence-corrected chi connectivity index (χ1v) is 9.15. The Kier molecular flexibility index (Phi) is 4.40. The van der Waals surface area contributed by atoms with Gasteiger partial charge in [-0.2, -0.15) is 5.10 Å². The summed E-state index contributed by atoms with van der Waals surface area (Å²) in [7, 11) is 1.65. The molecule has 4 rings (SSSR count). The lowest BCUT2D eigenvalue weighted by atomic mass is 9.78. The Balaban J connectivity index is 1.52. The Morgan fingerprint density at radius 3 is 3.04 bits per heavy atom. The van der Waals surface area contributed by atoms with Gasteiger partial charge in [-0.15, -0.1) is 0 Å². The van der Waals surface area contributed by atoms with Crippen molar-refractivity contribution in [3.8, 4) is 0 Å². The van der Waals surface area contributed by atoms with Crippen LogP contribution in [0.4, 0.5) is 0 Å². The molecule has 2 amide bonds. The summed E-state index contributed by atoms with van der Waals surface area (Å²) in [5.74, 6) is 0.140. The zero-order valence-electron chi connectivity index (χ0n) is 15.1. The molecule has 138 valence electrons. The third kappa shape index (κ3) is 2.76. The van der Waals surface area contributed by atoms with E-state index in [1.54, 1.807) is 17.8 Å². The maximum absolute atomic E-state index is 13.0. The summed E-state index contributed by atoms with van der Waals surface area (Å²) in [5.41, 5.74) is 0.974. The van der Waals surface area contributed by atoms with Gasteiger partial charge in [0.25, 0.3) is 5.91 Å². The third-order valence-corrected chi connectivity index (χ3v) is 5.69. The summed E-state index contributed by atoms with van der Waals surface area (Å²) in [5, 5.41) is 4.26. The van der Waals surface area contributed by atoms with Crippen LogP contribution in [0.5, 0.6) is 0 Å². The van der Waals surface area contributed by atoms with Crippen molar-refractivity contribution in [3.63, 3.8) is 0 Å². The van der Waals surface area contributed by atoms with Gasteiger partial charge in [-0.25, -0.2) is 4.52 Å². The SMILES string of the molecule is COCCN1CCC[C@@]2(CCN(C(=O)c3cnn4ccccc34)C2)C1=O. The molecule has 0 radical (unpaired) electrons. The molecule has 2 fully saturated rings. The molecule has 1 spiro atoms. The monoisotopic (exact) mass is 356 g/mol. The highest BCUT2D eigenvalue weighted by atomic mass is 16.5. The standard InChI is InChI=1S/C19H24N4O3/c1-26-12-11-21-8-4-6-19(18(21)25)7-10-22(14-19)17(24)15-13-20-23-9-3-2-5-16(15)23/h2-3,5,9,13H,4,6-8,10-12,14H2,1H3/t19-/m0/s1. The van der Waals surface area contributed by atoms with Crippen LogP contribution in [0.15, 0.2) is 30.6 Å². The molecule has 4 heterocycles. The molecule has 0 saturated carbocycles. The Morgan fingerprint density at radius 1 is 1.31 bits per heavy atom. The van der Waals surface area contributed by atoms with Gasteiger partial charge in [0.1, 0.15) is 0 Å². The van der Waals surface area contributed by atoms with Crippen molar-refractivity contribution in [1.29, 1.82) is 0 Å². The molecule has 0 unspecified atom stereocenters. The van der Waals surface area contributed by atoms with Gasteiger partial charge >= 0.3 is 0 Å². The molecule has 0 aromatic carbocycles. The van der Waals surface area contributed by atoms with Crippen LogP contribution in [0.2, 0.25) is 0 Å². The van der Waals surface area contributed by atoms with Crippen molar-refractivity contribution >= 4 is 17.3 Å². The highest BCUT2D eigenvalue weighted by Gasteiger charge is 2.49. The summed E-state index contributed by atoms with van der Waals surface area (Å²) in [6.07, 6.45) is 6.02. The second-order valence-electron chi connectivity index (χ2n) is 7.23. The molecule has 1 atom stereocenters. The number of carbonyl (C=O) groups excluding carboxylic acids is 2. The summed E-state index contributed by atoms with van der Waals surface area (Å²) in [6.45, 7) is 3.07. The fourth-order valence-electron chi connectivity index (χ4n) is 4.26. The van der Waals surface area contributed by atoms with Crippen molar-refractivity contribution < 1.29 is 14.3 Å². The molecular weight excluding hydrogens is 332 g/mol. The molecule has 2 aliphatic heterocycles. The smallest absolute Gasteiger partial charge is 0.257 e. The maximum Gasteiger partial charge on any atom is 0.257 e.